The van der Waals surface area contributed by atoms with Crippen molar-refractivity contribution in [3.05, 3.63) is 23.2 Å². The van der Waals surface area contributed by atoms with Crippen molar-refractivity contribution in [2.75, 3.05) is 11.5 Å². The Kier molecular flexibility index (Phi) is 3.24. The van der Waals surface area contributed by atoms with Crippen LogP contribution in [0.15, 0.2) is 23.1 Å². The first kappa shape index (κ1) is 10.2. The van der Waals surface area contributed by atoms with E-state index >= 15 is 0 Å². The Morgan fingerprint density at radius 1 is 1.43 bits per heavy atom. The van der Waals surface area contributed by atoms with Gasteiger partial charge in [0.2, 0.25) is 0 Å². The number of anilines is 1. The zero-order valence-electron chi connectivity index (χ0n) is 8.00. The van der Waals surface area contributed by atoms with E-state index in [0.717, 1.165) is 16.6 Å². The molecule has 0 atom stereocenters. The van der Waals surface area contributed by atoms with E-state index in [4.69, 9.17) is 17.3 Å². The van der Waals surface area contributed by atoms with Crippen molar-refractivity contribution in [3.8, 4) is 0 Å². The number of nitrogen functional groups attached to an aromatic ring is 1. The van der Waals surface area contributed by atoms with E-state index in [1.165, 1.54) is 29.9 Å². The van der Waals surface area contributed by atoms with Crippen LogP contribution in [0.4, 0.5) is 5.69 Å². The molecule has 1 aliphatic rings. The molecule has 2 rings (SSSR count). The van der Waals surface area contributed by atoms with Gasteiger partial charge in [0.15, 0.2) is 0 Å². The Hall–Kier alpha value is -0.340. The SMILES string of the molecule is Nc1cc(Cl)ccc1SCC1CCC1. The summed E-state index contributed by atoms with van der Waals surface area (Å²) in [6.45, 7) is 0. The Morgan fingerprint density at radius 2 is 2.21 bits per heavy atom. The minimum absolute atomic E-state index is 0.718. The highest BCUT2D eigenvalue weighted by atomic mass is 35.5. The molecular formula is C11H14ClNS. The average molecular weight is 228 g/mol. The fraction of sp³-hybridized carbons (Fsp3) is 0.455. The maximum absolute atomic E-state index is 5.86. The topological polar surface area (TPSA) is 26.0 Å². The Labute approximate surface area is 94.0 Å². The van der Waals surface area contributed by atoms with Crippen LogP contribution >= 0.6 is 23.4 Å². The molecule has 1 aliphatic carbocycles. The standard InChI is InChI=1S/C11H14ClNS/c12-9-4-5-11(10(13)6-9)14-7-8-2-1-3-8/h4-6,8H,1-3,7,13H2. The van der Waals surface area contributed by atoms with Gasteiger partial charge in [-0.15, -0.1) is 11.8 Å². The van der Waals surface area contributed by atoms with Gasteiger partial charge < -0.3 is 5.73 Å². The van der Waals surface area contributed by atoms with E-state index < -0.39 is 0 Å². The molecule has 3 heteroatoms. The summed E-state index contributed by atoms with van der Waals surface area (Å²) in [7, 11) is 0. The van der Waals surface area contributed by atoms with Gasteiger partial charge in [0.05, 0.1) is 0 Å². The predicted octanol–water partition coefficient (Wildman–Crippen LogP) is 3.81. The lowest BCUT2D eigenvalue weighted by Crippen LogP contribution is -2.13. The molecule has 14 heavy (non-hydrogen) atoms. The maximum atomic E-state index is 5.86. The van der Waals surface area contributed by atoms with Crippen molar-refractivity contribution in [1.82, 2.24) is 0 Å². The average Bonchev–Trinajstić information content (AvgIpc) is 2.05. The van der Waals surface area contributed by atoms with Crippen molar-refractivity contribution in [2.45, 2.75) is 24.2 Å². The van der Waals surface area contributed by atoms with Gasteiger partial charge in [0, 0.05) is 21.4 Å². The number of nitrogens with two attached hydrogens (primary N) is 1. The molecule has 0 heterocycles. The van der Waals surface area contributed by atoms with Crippen molar-refractivity contribution >= 4 is 29.1 Å². The van der Waals surface area contributed by atoms with Crippen LogP contribution in [-0.4, -0.2) is 5.75 Å². The summed E-state index contributed by atoms with van der Waals surface area (Å²) in [5.74, 6) is 2.11. The number of rotatable bonds is 3. The summed E-state index contributed by atoms with van der Waals surface area (Å²) >= 11 is 7.68. The highest BCUT2D eigenvalue weighted by Crippen LogP contribution is 2.35. The monoisotopic (exact) mass is 227 g/mol. The third-order valence-corrected chi connectivity index (χ3v) is 4.23. The molecule has 0 radical (unpaired) electrons. The fourth-order valence-corrected chi connectivity index (χ4v) is 2.84. The van der Waals surface area contributed by atoms with E-state index in [9.17, 15) is 0 Å². The molecule has 1 nitrogen and oxygen atoms in total. The summed E-state index contributed by atoms with van der Waals surface area (Å²) < 4.78 is 0. The molecule has 0 bridgehead atoms. The van der Waals surface area contributed by atoms with Crippen LogP contribution < -0.4 is 5.73 Å². The van der Waals surface area contributed by atoms with E-state index in [1.54, 1.807) is 0 Å². The van der Waals surface area contributed by atoms with Crippen LogP contribution in [-0.2, 0) is 0 Å². The van der Waals surface area contributed by atoms with Gasteiger partial charge in [0.25, 0.3) is 0 Å². The summed E-state index contributed by atoms with van der Waals surface area (Å²) in [5.41, 5.74) is 6.67. The first-order valence-corrected chi connectivity index (χ1v) is 6.30. The van der Waals surface area contributed by atoms with Crippen molar-refractivity contribution in [2.24, 2.45) is 5.92 Å². The molecule has 1 saturated carbocycles. The quantitative estimate of drug-likeness (QED) is 0.628. The second kappa shape index (κ2) is 4.45. The summed E-state index contributed by atoms with van der Waals surface area (Å²) in [5, 5.41) is 0.718. The van der Waals surface area contributed by atoms with Gasteiger partial charge in [-0.25, -0.2) is 0 Å². The Bertz CT molecular complexity index is 323. The maximum Gasteiger partial charge on any atom is 0.0467 e. The van der Waals surface area contributed by atoms with Crippen molar-refractivity contribution < 1.29 is 0 Å². The van der Waals surface area contributed by atoms with Gasteiger partial charge in [0.1, 0.15) is 0 Å². The summed E-state index contributed by atoms with van der Waals surface area (Å²) in [6.07, 6.45) is 4.18. The lowest BCUT2D eigenvalue weighted by atomic mass is 9.87. The van der Waals surface area contributed by atoms with Crippen molar-refractivity contribution in [1.29, 1.82) is 0 Å². The first-order valence-electron chi connectivity index (χ1n) is 4.93. The van der Waals surface area contributed by atoms with Crippen LogP contribution in [0.5, 0.6) is 0 Å². The van der Waals surface area contributed by atoms with Crippen LogP contribution in [0, 0.1) is 5.92 Å². The van der Waals surface area contributed by atoms with Gasteiger partial charge in [-0.05, 0) is 37.0 Å². The molecule has 76 valence electrons. The van der Waals surface area contributed by atoms with Crippen LogP contribution in [0.3, 0.4) is 0 Å². The third kappa shape index (κ3) is 2.37. The first-order chi connectivity index (χ1) is 6.75. The molecule has 1 aromatic rings. The lowest BCUT2D eigenvalue weighted by molar-refractivity contribution is 0.353. The van der Waals surface area contributed by atoms with E-state index in [2.05, 4.69) is 0 Å². The normalized spacial score (nSPS) is 16.6. The van der Waals surface area contributed by atoms with Crippen LogP contribution in [0.25, 0.3) is 0 Å². The molecule has 0 spiro atoms. The molecule has 0 aromatic heterocycles. The highest BCUT2D eigenvalue weighted by Gasteiger charge is 2.17. The number of thioether (sulfide) groups is 1. The minimum Gasteiger partial charge on any atom is -0.398 e. The van der Waals surface area contributed by atoms with Crippen molar-refractivity contribution in [3.63, 3.8) is 0 Å². The van der Waals surface area contributed by atoms with Gasteiger partial charge >= 0.3 is 0 Å². The van der Waals surface area contributed by atoms with E-state index in [1.807, 2.05) is 30.0 Å². The Morgan fingerprint density at radius 3 is 2.79 bits per heavy atom. The van der Waals surface area contributed by atoms with Gasteiger partial charge in [-0.1, -0.05) is 18.0 Å². The number of hydrogen-bond donors (Lipinski definition) is 1. The summed E-state index contributed by atoms with van der Waals surface area (Å²) in [6, 6.07) is 5.74. The lowest BCUT2D eigenvalue weighted by Gasteiger charge is -2.24. The van der Waals surface area contributed by atoms with Gasteiger partial charge in [-0.2, -0.15) is 0 Å². The molecule has 1 aromatic carbocycles. The molecule has 0 amide bonds. The van der Waals surface area contributed by atoms with Crippen LogP contribution in [0.1, 0.15) is 19.3 Å². The largest absolute Gasteiger partial charge is 0.398 e. The zero-order chi connectivity index (χ0) is 9.97. The third-order valence-electron chi connectivity index (χ3n) is 2.67. The number of halogens is 1. The molecule has 0 saturated heterocycles. The zero-order valence-corrected chi connectivity index (χ0v) is 9.57. The smallest absolute Gasteiger partial charge is 0.0467 e. The van der Waals surface area contributed by atoms with Crippen LogP contribution in [0.2, 0.25) is 5.02 Å². The Balaban J connectivity index is 1.94. The second-order valence-electron chi connectivity index (χ2n) is 3.79. The summed E-state index contributed by atoms with van der Waals surface area (Å²) in [4.78, 5) is 1.17. The predicted molar refractivity (Wildman–Crippen MR) is 63.9 cm³/mol. The second-order valence-corrected chi connectivity index (χ2v) is 5.29. The minimum atomic E-state index is 0.718. The molecular weight excluding hydrogens is 214 g/mol. The molecule has 0 aliphatic heterocycles. The number of benzene rings is 1. The highest BCUT2D eigenvalue weighted by molar-refractivity contribution is 7.99. The fourth-order valence-electron chi connectivity index (χ4n) is 1.52. The number of hydrogen-bond acceptors (Lipinski definition) is 2. The van der Waals surface area contributed by atoms with E-state index in [0.29, 0.717) is 0 Å². The van der Waals surface area contributed by atoms with Gasteiger partial charge in [-0.3, -0.25) is 0 Å². The molecule has 1 fully saturated rings. The molecule has 2 N–H and O–H groups in total. The molecule has 0 unspecified atom stereocenters. The van der Waals surface area contributed by atoms with E-state index in [-0.39, 0.29) is 0 Å².